The van der Waals surface area contributed by atoms with Crippen LogP contribution < -0.4 is 20.1 Å². The average molecular weight is 432 g/mol. The van der Waals surface area contributed by atoms with E-state index in [9.17, 15) is 4.79 Å². The number of methoxy groups -OCH3 is 2. The van der Waals surface area contributed by atoms with Crippen LogP contribution in [0.5, 0.6) is 11.5 Å². The number of carbonyl (C=O) groups is 1. The molecule has 7 nitrogen and oxygen atoms in total. The number of nitrogens with one attached hydrogen (secondary N) is 2. The first-order valence-electron chi connectivity index (χ1n) is 9.72. The zero-order valence-corrected chi connectivity index (χ0v) is 18.1. The van der Waals surface area contributed by atoms with E-state index < -0.39 is 0 Å². The molecule has 0 saturated carbocycles. The predicted molar refractivity (Wildman–Crippen MR) is 118 cm³/mol. The van der Waals surface area contributed by atoms with E-state index in [1.54, 1.807) is 24.3 Å². The van der Waals surface area contributed by atoms with Crippen LogP contribution in [0.15, 0.2) is 41.4 Å². The number of aryl methyl sites for hydroxylation is 1. The lowest BCUT2D eigenvalue weighted by Crippen LogP contribution is -2.37. The minimum absolute atomic E-state index is 0.0519. The number of amides is 1. The van der Waals surface area contributed by atoms with Gasteiger partial charge >= 0.3 is 0 Å². The Morgan fingerprint density at radius 3 is 2.57 bits per heavy atom. The Labute approximate surface area is 181 Å². The van der Waals surface area contributed by atoms with Gasteiger partial charge in [-0.25, -0.2) is 4.99 Å². The second kappa shape index (κ2) is 10.3. The Kier molecular flexibility index (Phi) is 7.54. The maximum absolute atomic E-state index is 12.9. The molecule has 160 valence electrons. The normalized spacial score (nSPS) is 16.3. The first kappa shape index (κ1) is 21.9. The lowest BCUT2D eigenvalue weighted by Gasteiger charge is -2.15. The van der Waals surface area contributed by atoms with Crippen molar-refractivity contribution in [2.75, 3.05) is 32.7 Å². The van der Waals surface area contributed by atoms with Crippen LogP contribution in [-0.2, 0) is 4.74 Å². The summed E-state index contributed by atoms with van der Waals surface area (Å²) in [6.07, 6.45) is 2.02. The first-order valence-corrected chi connectivity index (χ1v) is 10.1. The highest BCUT2D eigenvalue weighted by atomic mass is 35.5. The van der Waals surface area contributed by atoms with Crippen molar-refractivity contribution in [1.82, 2.24) is 5.32 Å². The van der Waals surface area contributed by atoms with Crippen molar-refractivity contribution < 1.29 is 19.0 Å². The number of rotatable bonds is 6. The number of halogens is 1. The maximum atomic E-state index is 12.9. The maximum Gasteiger partial charge on any atom is 0.258 e. The summed E-state index contributed by atoms with van der Waals surface area (Å²) in [5.74, 6) is 1.03. The molecule has 0 bridgehead atoms. The number of guanidine groups is 1. The molecule has 0 aliphatic carbocycles. The molecule has 1 aliphatic rings. The van der Waals surface area contributed by atoms with Crippen molar-refractivity contribution in [3.63, 3.8) is 0 Å². The molecule has 0 aromatic heterocycles. The molecule has 30 heavy (non-hydrogen) atoms. The highest BCUT2D eigenvalue weighted by molar-refractivity contribution is 6.31. The van der Waals surface area contributed by atoms with Crippen LogP contribution in [0.1, 0.15) is 28.8 Å². The summed E-state index contributed by atoms with van der Waals surface area (Å²) in [5.41, 5.74) is 2.12. The summed E-state index contributed by atoms with van der Waals surface area (Å²) >= 11 is 6.13. The molecule has 2 N–H and O–H groups in total. The van der Waals surface area contributed by atoms with E-state index in [0.29, 0.717) is 34.6 Å². The van der Waals surface area contributed by atoms with Crippen LogP contribution >= 0.6 is 11.6 Å². The molecular formula is C22H26ClN3O4. The number of anilines is 1. The number of nitrogens with zero attached hydrogens (tertiary/aromatic N) is 1. The topological polar surface area (TPSA) is 81.2 Å². The lowest BCUT2D eigenvalue weighted by atomic mass is 10.2. The summed E-state index contributed by atoms with van der Waals surface area (Å²) in [4.78, 5) is 17.5. The van der Waals surface area contributed by atoms with Gasteiger partial charge < -0.3 is 19.5 Å². The van der Waals surface area contributed by atoms with Gasteiger partial charge in [-0.05, 0) is 49.6 Å². The predicted octanol–water partition coefficient (Wildman–Crippen LogP) is 4.04. The fraction of sp³-hybridized carbons (Fsp3) is 0.364. The van der Waals surface area contributed by atoms with Crippen molar-refractivity contribution >= 4 is 29.2 Å². The van der Waals surface area contributed by atoms with Crippen LogP contribution in [0, 0.1) is 6.92 Å². The zero-order chi connectivity index (χ0) is 21.5. The van der Waals surface area contributed by atoms with Gasteiger partial charge in [-0.3, -0.25) is 10.1 Å². The number of benzene rings is 2. The zero-order valence-electron chi connectivity index (χ0n) is 17.3. The van der Waals surface area contributed by atoms with Gasteiger partial charge in [0.05, 0.1) is 26.9 Å². The van der Waals surface area contributed by atoms with E-state index in [1.807, 2.05) is 19.1 Å². The van der Waals surface area contributed by atoms with Gasteiger partial charge in [0.25, 0.3) is 5.91 Å². The van der Waals surface area contributed by atoms with Crippen LogP contribution in [0.25, 0.3) is 0 Å². The Balaban J connectivity index is 1.83. The standard InChI is InChI=1S/C22H26ClN3O4/c1-14-6-7-16(23)11-20(14)25-22(24-13-17-5-4-8-30-17)26-21(27)15-9-18(28-2)12-19(10-15)29-3/h6-7,9-12,17H,4-5,8,13H2,1-3H3,(H2,24,25,26,27). The molecule has 1 atom stereocenters. The smallest absolute Gasteiger partial charge is 0.258 e. The highest BCUT2D eigenvalue weighted by Crippen LogP contribution is 2.23. The third-order valence-electron chi connectivity index (χ3n) is 4.78. The van der Waals surface area contributed by atoms with Crippen molar-refractivity contribution in [1.29, 1.82) is 0 Å². The summed E-state index contributed by atoms with van der Waals surface area (Å²) < 4.78 is 16.2. The Hall–Kier alpha value is -2.77. The van der Waals surface area contributed by atoms with Gasteiger partial charge in [0.15, 0.2) is 0 Å². The van der Waals surface area contributed by atoms with E-state index in [2.05, 4.69) is 15.6 Å². The van der Waals surface area contributed by atoms with Crippen molar-refractivity contribution in [2.45, 2.75) is 25.9 Å². The summed E-state index contributed by atoms with van der Waals surface area (Å²) in [6.45, 7) is 3.14. The van der Waals surface area contributed by atoms with Crippen molar-refractivity contribution in [3.05, 3.63) is 52.5 Å². The van der Waals surface area contributed by atoms with Crippen LogP contribution in [0.3, 0.4) is 0 Å². The molecule has 2 aromatic carbocycles. The largest absolute Gasteiger partial charge is 0.497 e. The van der Waals surface area contributed by atoms with Gasteiger partial charge in [0.2, 0.25) is 5.96 Å². The molecule has 1 unspecified atom stereocenters. The lowest BCUT2D eigenvalue weighted by molar-refractivity contribution is 0.0975. The molecular weight excluding hydrogens is 406 g/mol. The fourth-order valence-corrected chi connectivity index (χ4v) is 3.24. The highest BCUT2D eigenvalue weighted by Gasteiger charge is 2.17. The van der Waals surface area contributed by atoms with Gasteiger partial charge in [0, 0.05) is 28.9 Å². The van der Waals surface area contributed by atoms with Crippen LogP contribution in [0.4, 0.5) is 5.69 Å². The van der Waals surface area contributed by atoms with Crippen molar-refractivity contribution in [2.24, 2.45) is 4.99 Å². The first-order chi connectivity index (χ1) is 14.5. The van der Waals surface area contributed by atoms with Crippen LogP contribution in [0.2, 0.25) is 5.02 Å². The SMILES string of the molecule is COc1cc(OC)cc(C(=O)NC(=NCC2CCCO2)Nc2cc(Cl)ccc2C)c1. The van der Waals surface area contributed by atoms with Gasteiger partial charge in [-0.15, -0.1) is 0 Å². The third-order valence-corrected chi connectivity index (χ3v) is 5.01. The summed E-state index contributed by atoms with van der Waals surface area (Å²) in [6, 6.07) is 10.5. The molecule has 1 saturated heterocycles. The molecule has 1 fully saturated rings. The molecule has 1 amide bonds. The van der Waals surface area contributed by atoms with E-state index in [4.69, 9.17) is 25.8 Å². The molecule has 1 heterocycles. The second-order valence-corrected chi connectivity index (χ2v) is 7.40. The second-order valence-electron chi connectivity index (χ2n) is 6.96. The minimum atomic E-state index is -0.342. The van der Waals surface area contributed by atoms with E-state index in [0.717, 1.165) is 30.7 Å². The van der Waals surface area contributed by atoms with Gasteiger partial charge in [0.1, 0.15) is 11.5 Å². The molecule has 1 aliphatic heterocycles. The number of carbonyl (C=O) groups excluding carboxylic acids is 1. The van der Waals surface area contributed by atoms with Crippen molar-refractivity contribution in [3.8, 4) is 11.5 Å². The molecule has 3 rings (SSSR count). The number of hydrogen-bond acceptors (Lipinski definition) is 5. The van der Waals surface area contributed by atoms with Crippen LogP contribution in [-0.4, -0.2) is 45.3 Å². The monoisotopic (exact) mass is 431 g/mol. The number of aliphatic imine (C=N–C) groups is 1. The average Bonchev–Trinajstić information content (AvgIpc) is 3.27. The summed E-state index contributed by atoms with van der Waals surface area (Å²) in [5, 5.41) is 6.62. The molecule has 2 aromatic rings. The molecule has 0 radical (unpaired) electrons. The molecule has 0 spiro atoms. The Bertz CT molecular complexity index is 904. The Morgan fingerprint density at radius 1 is 1.20 bits per heavy atom. The number of ether oxygens (including phenoxy) is 3. The van der Waals surface area contributed by atoms with E-state index >= 15 is 0 Å². The summed E-state index contributed by atoms with van der Waals surface area (Å²) in [7, 11) is 3.07. The third kappa shape index (κ3) is 5.87. The van der Waals surface area contributed by atoms with Gasteiger partial charge in [-0.2, -0.15) is 0 Å². The minimum Gasteiger partial charge on any atom is -0.497 e. The fourth-order valence-electron chi connectivity index (χ4n) is 3.07. The Morgan fingerprint density at radius 2 is 1.93 bits per heavy atom. The van der Waals surface area contributed by atoms with E-state index in [-0.39, 0.29) is 12.0 Å². The number of hydrogen-bond donors (Lipinski definition) is 2. The van der Waals surface area contributed by atoms with E-state index in [1.165, 1.54) is 14.2 Å². The quantitative estimate of drug-likeness (QED) is 0.533. The molecule has 8 heteroatoms. The van der Waals surface area contributed by atoms with Gasteiger partial charge in [-0.1, -0.05) is 17.7 Å².